The highest BCUT2D eigenvalue weighted by molar-refractivity contribution is 7.92. The Balaban J connectivity index is 2.32. The van der Waals surface area contributed by atoms with Crippen LogP contribution in [-0.2, 0) is 10.0 Å². The molecule has 0 amide bonds. The molecule has 1 aromatic heterocycles. The topological polar surface area (TPSA) is 59.1 Å². The molecule has 0 aliphatic carbocycles. The molecular formula is C12H13ClN2O2S. The molecule has 2 rings (SSSR count). The lowest BCUT2D eigenvalue weighted by Crippen LogP contribution is -2.17. The largest absolute Gasteiger partial charge is 0.283 e. The van der Waals surface area contributed by atoms with Crippen LogP contribution in [0.2, 0.25) is 0 Å². The average molecular weight is 285 g/mol. The number of nitrogens with zero attached hydrogens (tertiary/aromatic N) is 1. The van der Waals surface area contributed by atoms with Crippen molar-refractivity contribution in [2.45, 2.75) is 6.42 Å². The first-order valence-corrected chi connectivity index (χ1v) is 7.70. The SMILES string of the molecule is O=S(=O)(CCCCl)Nc1cccc2cnccc12. The number of rotatable bonds is 5. The van der Waals surface area contributed by atoms with Gasteiger partial charge >= 0.3 is 0 Å². The Morgan fingerprint density at radius 1 is 1.28 bits per heavy atom. The molecular weight excluding hydrogens is 272 g/mol. The molecule has 1 heterocycles. The number of alkyl halides is 1. The summed E-state index contributed by atoms with van der Waals surface area (Å²) in [5.74, 6) is 0.359. The van der Waals surface area contributed by atoms with Gasteiger partial charge in [-0.25, -0.2) is 8.42 Å². The zero-order chi connectivity index (χ0) is 13.0. The molecule has 0 aliphatic heterocycles. The third-order valence-electron chi connectivity index (χ3n) is 2.49. The quantitative estimate of drug-likeness (QED) is 0.859. The van der Waals surface area contributed by atoms with E-state index in [9.17, 15) is 8.42 Å². The molecule has 1 aromatic carbocycles. The fraction of sp³-hybridized carbons (Fsp3) is 0.250. The van der Waals surface area contributed by atoms with Crippen LogP contribution in [0.5, 0.6) is 0 Å². The lowest BCUT2D eigenvalue weighted by molar-refractivity contribution is 0.600. The van der Waals surface area contributed by atoms with Crippen molar-refractivity contribution in [1.29, 1.82) is 0 Å². The summed E-state index contributed by atoms with van der Waals surface area (Å²) in [5.41, 5.74) is 0.574. The highest BCUT2D eigenvalue weighted by Crippen LogP contribution is 2.23. The summed E-state index contributed by atoms with van der Waals surface area (Å²) in [4.78, 5) is 4.01. The first-order valence-electron chi connectivity index (χ1n) is 5.51. The number of halogens is 1. The molecule has 0 spiro atoms. The van der Waals surface area contributed by atoms with Gasteiger partial charge in [-0.1, -0.05) is 12.1 Å². The summed E-state index contributed by atoms with van der Waals surface area (Å²) < 4.78 is 26.2. The Morgan fingerprint density at radius 3 is 2.89 bits per heavy atom. The molecule has 0 fully saturated rings. The number of pyridine rings is 1. The van der Waals surface area contributed by atoms with E-state index in [-0.39, 0.29) is 5.75 Å². The van der Waals surface area contributed by atoms with Gasteiger partial charge in [-0.3, -0.25) is 9.71 Å². The minimum Gasteiger partial charge on any atom is -0.283 e. The minimum absolute atomic E-state index is 0.0258. The number of nitrogens with one attached hydrogen (secondary N) is 1. The van der Waals surface area contributed by atoms with E-state index in [2.05, 4.69) is 9.71 Å². The van der Waals surface area contributed by atoms with Crippen LogP contribution < -0.4 is 4.72 Å². The van der Waals surface area contributed by atoms with Crippen LogP contribution in [0, 0.1) is 0 Å². The van der Waals surface area contributed by atoms with Crippen molar-refractivity contribution in [2.75, 3.05) is 16.4 Å². The predicted octanol–water partition coefficient (Wildman–Crippen LogP) is 2.61. The molecule has 6 heteroatoms. The van der Waals surface area contributed by atoms with Crippen LogP contribution in [-0.4, -0.2) is 25.0 Å². The standard InChI is InChI=1S/C12H13ClN2O2S/c13-6-2-8-18(16,17)15-12-4-1-3-10-9-14-7-5-11(10)12/h1,3-5,7,9,15H,2,6,8H2. The van der Waals surface area contributed by atoms with Gasteiger partial charge in [0.15, 0.2) is 0 Å². The summed E-state index contributed by atoms with van der Waals surface area (Å²) in [6.07, 6.45) is 3.77. The molecule has 4 nitrogen and oxygen atoms in total. The summed E-state index contributed by atoms with van der Waals surface area (Å²) in [5, 5.41) is 1.73. The van der Waals surface area contributed by atoms with Crippen molar-refractivity contribution < 1.29 is 8.42 Å². The summed E-state index contributed by atoms with van der Waals surface area (Å²) in [7, 11) is -3.34. The van der Waals surface area contributed by atoms with E-state index < -0.39 is 10.0 Å². The zero-order valence-corrected chi connectivity index (χ0v) is 11.2. The Kier molecular flexibility index (Phi) is 4.04. The second kappa shape index (κ2) is 5.54. The fourth-order valence-electron chi connectivity index (χ4n) is 1.67. The summed E-state index contributed by atoms with van der Waals surface area (Å²) in [6, 6.07) is 7.21. The molecule has 96 valence electrons. The van der Waals surface area contributed by atoms with Gasteiger partial charge in [0.05, 0.1) is 11.4 Å². The van der Waals surface area contributed by atoms with Crippen LogP contribution in [0.3, 0.4) is 0 Å². The molecule has 0 radical (unpaired) electrons. The number of fused-ring (bicyclic) bond motifs is 1. The van der Waals surface area contributed by atoms with Crippen LogP contribution in [0.15, 0.2) is 36.7 Å². The minimum atomic E-state index is -3.34. The van der Waals surface area contributed by atoms with E-state index in [1.165, 1.54) is 0 Å². The maximum absolute atomic E-state index is 11.8. The molecule has 0 bridgehead atoms. The number of benzene rings is 1. The van der Waals surface area contributed by atoms with Gasteiger partial charge in [0.2, 0.25) is 10.0 Å². The smallest absolute Gasteiger partial charge is 0.232 e. The van der Waals surface area contributed by atoms with Gasteiger partial charge in [0.1, 0.15) is 0 Å². The second-order valence-electron chi connectivity index (χ2n) is 3.87. The van der Waals surface area contributed by atoms with E-state index in [1.54, 1.807) is 30.6 Å². The molecule has 1 N–H and O–H groups in total. The molecule has 0 aliphatic rings. The van der Waals surface area contributed by atoms with Gasteiger partial charge in [-0.2, -0.15) is 0 Å². The third kappa shape index (κ3) is 3.11. The van der Waals surface area contributed by atoms with Crippen molar-refractivity contribution >= 4 is 38.1 Å². The molecule has 0 saturated heterocycles. The second-order valence-corrected chi connectivity index (χ2v) is 6.09. The Hall–Kier alpha value is -1.33. The highest BCUT2D eigenvalue weighted by Gasteiger charge is 2.11. The van der Waals surface area contributed by atoms with Crippen molar-refractivity contribution in [1.82, 2.24) is 4.98 Å². The Morgan fingerprint density at radius 2 is 2.11 bits per heavy atom. The van der Waals surface area contributed by atoms with Gasteiger partial charge in [-0.15, -0.1) is 11.6 Å². The molecule has 0 atom stereocenters. The van der Waals surface area contributed by atoms with E-state index in [0.29, 0.717) is 18.0 Å². The van der Waals surface area contributed by atoms with Gasteiger partial charge < -0.3 is 0 Å². The van der Waals surface area contributed by atoms with Crippen molar-refractivity contribution in [3.8, 4) is 0 Å². The number of sulfonamides is 1. The van der Waals surface area contributed by atoms with Crippen LogP contribution >= 0.6 is 11.6 Å². The number of hydrogen-bond acceptors (Lipinski definition) is 3. The summed E-state index contributed by atoms with van der Waals surface area (Å²) in [6.45, 7) is 0. The number of hydrogen-bond donors (Lipinski definition) is 1. The lowest BCUT2D eigenvalue weighted by Gasteiger charge is -2.09. The Bertz CT molecular complexity index is 638. The molecule has 18 heavy (non-hydrogen) atoms. The molecule has 2 aromatic rings. The average Bonchev–Trinajstić information content (AvgIpc) is 2.37. The first kappa shape index (κ1) is 13.1. The highest BCUT2D eigenvalue weighted by atomic mass is 35.5. The zero-order valence-electron chi connectivity index (χ0n) is 9.64. The predicted molar refractivity (Wildman–Crippen MR) is 74.5 cm³/mol. The van der Waals surface area contributed by atoms with Gasteiger partial charge in [0.25, 0.3) is 0 Å². The molecule has 0 saturated carbocycles. The van der Waals surface area contributed by atoms with E-state index in [4.69, 9.17) is 11.6 Å². The lowest BCUT2D eigenvalue weighted by atomic mass is 10.1. The van der Waals surface area contributed by atoms with Crippen LogP contribution in [0.25, 0.3) is 10.8 Å². The monoisotopic (exact) mass is 284 g/mol. The van der Waals surface area contributed by atoms with E-state index in [0.717, 1.165) is 10.8 Å². The number of aromatic nitrogens is 1. The molecule has 0 unspecified atom stereocenters. The van der Waals surface area contributed by atoms with Crippen molar-refractivity contribution in [3.05, 3.63) is 36.7 Å². The van der Waals surface area contributed by atoms with E-state index >= 15 is 0 Å². The fourth-order valence-corrected chi connectivity index (χ4v) is 3.11. The van der Waals surface area contributed by atoms with E-state index in [1.807, 2.05) is 6.07 Å². The van der Waals surface area contributed by atoms with Crippen LogP contribution in [0.1, 0.15) is 6.42 Å². The third-order valence-corrected chi connectivity index (χ3v) is 4.12. The summed E-state index contributed by atoms with van der Waals surface area (Å²) >= 11 is 5.51. The van der Waals surface area contributed by atoms with Crippen LogP contribution in [0.4, 0.5) is 5.69 Å². The van der Waals surface area contributed by atoms with Crippen molar-refractivity contribution in [2.24, 2.45) is 0 Å². The normalized spacial score (nSPS) is 11.6. The maximum atomic E-state index is 11.8. The van der Waals surface area contributed by atoms with Gasteiger partial charge in [0, 0.05) is 29.0 Å². The maximum Gasteiger partial charge on any atom is 0.232 e. The number of anilines is 1. The Labute approximate surface area is 111 Å². The van der Waals surface area contributed by atoms with Gasteiger partial charge in [-0.05, 0) is 18.6 Å². The van der Waals surface area contributed by atoms with Crippen molar-refractivity contribution in [3.63, 3.8) is 0 Å². The first-order chi connectivity index (χ1) is 8.62.